The van der Waals surface area contributed by atoms with Crippen LogP contribution >= 0.6 is 0 Å². The van der Waals surface area contributed by atoms with E-state index in [0.29, 0.717) is 23.4 Å². The van der Waals surface area contributed by atoms with Crippen LogP contribution in [0.5, 0.6) is 0 Å². The molecule has 306 valence electrons. The van der Waals surface area contributed by atoms with Gasteiger partial charge in [-0.3, -0.25) is 0 Å². The van der Waals surface area contributed by atoms with Crippen molar-refractivity contribution in [2.75, 3.05) is 0 Å². The summed E-state index contributed by atoms with van der Waals surface area (Å²) in [5, 5.41) is 0. The van der Waals surface area contributed by atoms with Crippen molar-refractivity contribution in [1.29, 1.82) is 0 Å². The first-order chi connectivity index (χ1) is 31.6. The molecular weight excluding hydrogens is 775 g/mol. The molecule has 0 amide bonds. The molecule has 1 spiro atoms. The first-order valence-corrected chi connectivity index (χ1v) is 22.8. The standard InChI is InChI=1S/C61H47N3/c1-40-32-41-30-31-61(53(33-40)34-41)56-29-27-48(43-16-8-3-9-17-43)38-55(56)54-28-26-49(39-57(54)61)51-35-50(45-24-22-44(23-25-45)42-14-6-2-7-15-42)36-52(37-51)60-63-58(46-18-10-4-11-19-46)62-59(64-60)47-20-12-5-13-21-47/h2-29,33,35-41H,30-32,34H2,1H3. The van der Waals surface area contributed by atoms with Gasteiger partial charge in [0.2, 0.25) is 0 Å². The zero-order valence-corrected chi connectivity index (χ0v) is 36.0. The second-order valence-electron chi connectivity index (χ2n) is 18.1. The molecule has 0 saturated heterocycles. The average Bonchev–Trinajstić information content (AvgIpc) is 3.64. The topological polar surface area (TPSA) is 38.7 Å². The Morgan fingerprint density at radius 3 is 1.45 bits per heavy atom. The lowest BCUT2D eigenvalue weighted by molar-refractivity contribution is 0.284. The largest absolute Gasteiger partial charge is 0.208 e. The van der Waals surface area contributed by atoms with E-state index in [1.807, 2.05) is 36.4 Å². The summed E-state index contributed by atoms with van der Waals surface area (Å²) >= 11 is 0. The summed E-state index contributed by atoms with van der Waals surface area (Å²) < 4.78 is 0. The molecule has 3 unspecified atom stereocenters. The molecule has 1 heterocycles. The van der Waals surface area contributed by atoms with Gasteiger partial charge in [0.25, 0.3) is 0 Å². The number of aromatic nitrogens is 3. The molecular formula is C61H47N3. The maximum Gasteiger partial charge on any atom is 0.164 e. The van der Waals surface area contributed by atoms with Crippen molar-refractivity contribution < 1.29 is 0 Å². The maximum absolute atomic E-state index is 5.22. The van der Waals surface area contributed by atoms with E-state index in [-0.39, 0.29) is 5.41 Å². The Hall–Kier alpha value is -7.49. The van der Waals surface area contributed by atoms with Gasteiger partial charge in [-0.25, -0.2) is 15.0 Å². The first-order valence-electron chi connectivity index (χ1n) is 22.8. The number of allylic oxidation sites excluding steroid dienone is 2. The second kappa shape index (κ2) is 15.7. The fourth-order valence-corrected chi connectivity index (χ4v) is 11.1. The molecule has 1 fully saturated rings. The number of benzene rings is 8. The molecule has 12 rings (SSSR count). The Balaban J connectivity index is 1.05. The number of rotatable bonds is 7. The highest BCUT2D eigenvalue weighted by Crippen LogP contribution is 2.61. The molecule has 3 atom stereocenters. The highest BCUT2D eigenvalue weighted by molar-refractivity contribution is 5.90. The number of nitrogens with zero attached hydrogens (tertiary/aromatic N) is 3. The van der Waals surface area contributed by atoms with E-state index in [0.717, 1.165) is 45.7 Å². The van der Waals surface area contributed by atoms with E-state index in [9.17, 15) is 0 Å². The Morgan fingerprint density at radius 1 is 0.391 bits per heavy atom. The van der Waals surface area contributed by atoms with Gasteiger partial charge in [-0.2, -0.15) is 0 Å². The monoisotopic (exact) mass is 821 g/mol. The Morgan fingerprint density at radius 2 is 0.844 bits per heavy atom. The first kappa shape index (κ1) is 38.2. The number of hydrogen-bond acceptors (Lipinski definition) is 3. The van der Waals surface area contributed by atoms with Gasteiger partial charge in [0.05, 0.1) is 0 Å². The van der Waals surface area contributed by atoms with Crippen LogP contribution in [0.4, 0.5) is 0 Å². The van der Waals surface area contributed by atoms with Crippen LogP contribution in [0.25, 0.3) is 89.8 Å². The van der Waals surface area contributed by atoms with Crippen molar-refractivity contribution >= 4 is 0 Å². The summed E-state index contributed by atoms with van der Waals surface area (Å²) in [6.45, 7) is 2.42. The average molecular weight is 822 g/mol. The third-order valence-corrected chi connectivity index (χ3v) is 14.1. The SMILES string of the molecule is CC1C=C2CC(CCC23c2ccc(-c4ccccc4)cc2-c2ccc(-c4cc(-c5ccc(-c6ccccc6)cc5)cc(-c5nc(-c6ccccc6)nc(-c6ccccc6)n5)c4)cc23)C1. The Labute approximate surface area is 375 Å². The smallest absolute Gasteiger partial charge is 0.164 e. The maximum atomic E-state index is 5.22. The van der Waals surface area contributed by atoms with Crippen LogP contribution in [0.1, 0.15) is 43.7 Å². The third-order valence-electron chi connectivity index (χ3n) is 14.1. The van der Waals surface area contributed by atoms with E-state index in [2.05, 4.69) is 177 Å². The van der Waals surface area contributed by atoms with Crippen LogP contribution in [0, 0.1) is 11.8 Å². The van der Waals surface area contributed by atoms with E-state index in [4.69, 9.17) is 15.0 Å². The molecule has 0 N–H and O–H groups in total. The summed E-state index contributed by atoms with van der Waals surface area (Å²) in [5.74, 6) is 3.30. The normalized spacial score (nSPS) is 18.3. The molecule has 0 radical (unpaired) electrons. The van der Waals surface area contributed by atoms with Gasteiger partial charge in [-0.1, -0.05) is 188 Å². The third kappa shape index (κ3) is 6.71. The summed E-state index contributed by atoms with van der Waals surface area (Å²) in [6.07, 6.45) is 7.50. The van der Waals surface area contributed by atoms with Gasteiger partial charge in [0.1, 0.15) is 0 Å². The molecule has 3 aliphatic carbocycles. The predicted octanol–water partition coefficient (Wildman–Crippen LogP) is 15.6. The van der Waals surface area contributed by atoms with Crippen LogP contribution in [0.3, 0.4) is 0 Å². The predicted molar refractivity (Wildman–Crippen MR) is 263 cm³/mol. The number of hydrogen-bond donors (Lipinski definition) is 0. The minimum absolute atomic E-state index is 0.141. The van der Waals surface area contributed by atoms with Crippen molar-refractivity contribution in [1.82, 2.24) is 15.0 Å². The van der Waals surface area contributed by atoms with E-state index >= 15 is 0 Å². The Bertz CT molecular complexity index is 3150. The van der Waals surface area contributed by atoms with Crippen LogP contribution in [-0.2, 0) is 5.41 Å². The fraction of sp³-hybridized carbons (Fsp3) is 0.131. The van der Waals surface area contributed by atoms with Gasteiger partial charge in [0.15, 0.2) is 17.5 Å². The summed E-state index contributed by atoms with van der Waals surface area (Å²) in [4.78, 5) is 15.5. The molecule has 2 bridgehead atoms. The van der Waals surface area contributed by atoms with Crippen molar-refractivity contribution in [2.24, 2.45) is 11.8 Å². The molecule has 8 aromatic carbocycles. The lowest BCUT2D eigenvalue weighted by Gasteiger charge is -2.45. The van der Waals surface area contributed by atoms with Gasteiger partial charge in [-0.15, -0.1) is 0 Å². The quantitative estimate of drug-likeness (QED) is 0.150. The minimum Gasteiger partial charge on any atom is -0.208 e. The van der Waals surface area contributed by atoms with Crippen LogP contribution in [-0.4, -0.2) is 15.0 Å². The van der Waals surface area contributed by atoms with Crippen molar-refractivity contribution in [3.05, 3.63) is 223 Å². The molecule has 0 aliphatic heterocycles. The van der Waals surface area contributed by atoms with E-state index in [1.165, 1.54) is 69.3 Å². The zero-order valence-electron chi connectivity index (χ0n) is 36.0. The lowest BCUT2D eigenvalue weighted by Crippen LogP contribution is -2.36. The van der Waals surface area contributed by atoms with Crippen molar-refractivity contribution in [2.45, 2.75) is 38.0 Å². The molecule has 3 aliphatic rings. The van der Waals surface area contributed by atoms with Crippen molar-refractivity contribution in [3.8, 4) is 89.8 Å². The molecule has 1 aromatic heterocycles. The van der Waals surface area contributed by atoms with Crippen molar-refractivity contribution in [3.63, 3.8) is 0 Å². The van der Waals surface area contributed by atoms with Crippen LogP contribution in [0.2, 0.25) is 0 Å². The van der Waals surface area contributed by atoms with E-state index < -0.39 is 0 Å². The van der Waals surface area contributed by atoms with Gasteiger partial charge < -0.3 is 0 Å². The van der Waals surface area contributed by atoms with Crippen LogP contribution in [0.15, 0.2) is 212 Å². The highest BCUT2D eigenvalue weighted by atomic mass is 15.0. The summed E-state index contributed by atoms with van der Waals surface area (Å²) in [6, 6.07) is 72.4. The minimum atomic E-state index is -0.141. The van der Waals surface area contributed by atoms with E-state index in [1.54, 1.807) is 5.57 Å². The molecule has 3 nitrogen and oxygen atoms in total. The van der Waals surface area contributed by atoms with Gasteiger partial charge in [0, 0.05) is 22.1 Å². The highest BCUT2D eigenvalue weighted by Gasteiger charge is 2.49. The lowest BCUT2D eigenvalue weighted by atomic mass is 9.58. The summed E-state index contributed by atoms with van der Waals surface area (Å²) in [7, 11) is 0. The van der Waals surface area contributed by atoms with Gasteiger partial charge >= 0.3 is 0 Å². The van der Waals surface area contributed by atoms with Gasteiger partial charge in [-0.05, 0) is 135 Å². The second-order valence-corrected chi connectivity index (χ2v) is 18.1. The fourth-order valence-electron chi connectivity index (χ4n) is 11.1. The molecule has 64 heavy (non-hydrogen) atoms. The molecule has 3 heteroatoms. The zero-order chi connectivity index (χ0) is 42.6. The van der Waals surface area contributed by atoms with Crippen LogP contribution < -0.4 is 0 Å². The summed E-state index contributed by atoms with van der Waals surface area (Å²) in [5.41, 5.74) is 19.5. The number of fused-ring (bicyclic) bond motifs is 8. The Kier molecular flexibility index (Phi) is 9.37. The molecule has 1 saturated carbocycles. The molecule has 9 aromatic rings.